The molecule has 1 heterocycles. The molecule has 4 rings (SSSR count). The first-order valence-corrected chi connectivity index (χ1v) is 9.89. The van der Waals surface area contributed by atoms with Crippen LogP contribution in [0.2, 0.25) is 0 Å². The van der Waals surface area contributed by atoms with Crippen LogP contribution in [-0.2, 0) is 10.0 Å². The van der Waals surface area contributed by atoms with Gasteiger partial charge in [-0.15, -0.1) is 0 Å². The highest BCUT2D eigenvalue weighted by atomic mass is 32.2. The van der Waals surface area contributed by atoms with Gasteiger partial charge in [-0.05, 0) is 42.8 Å². The number of para-hydroxylation sites is 3. The smallest absolute Gasteiger partial charge is 0.417 e. The van der Waals surface area contributed by atoms with Gasteiger partial charge in [0.05, 0.1) is 16.1 Å². The van der Waals surface area contributed by atoms with Crippen molar-refractivity contribution in [1.29, 1.82) is 0 Å². The molecule has 0 unspecified atom stereocenters. The van der Waals surface area contributed by atoms with Crippen molar-refractivity contribution in [2.24, 2.45) is 0 Å². The highest BCUT2D eigenvalue weighted by molar-refractivity contribution is 7.92. The summed E-state index contributed by atoms with van der Waals surface area (Å²) in [5.74, 6) is 0.309. The topological polar surface area (TPSA) is 101 Å². The zero-order valence-electron chi connectivity index (χ0n) is 14.8. The fourth-order valence-electron chi connectivity index (χ4n) is 2.83. The molecule has 142 valence electrons. The second kappa shape index (κ2) is 6.90. The van der Waals surface area contributed by atoms with E-state index in [-0.39, 0.29) is 10.5 Å². The van der Waals surface area contributed by atoms with Gasteiger partial charge in [-0.25, -0.2) is 13.2 Å². The van der Waals surface area contributed by atoms with Crippen molar-refractivity contribution in [3.8, 4) is 11.5 Å². The Balaban J connectivity index is 1.71. The average Bonchev–Trinajstić information content (AvgIpc) is 3.02. The van der Waals surface area contributed by atoms with E-state index in [1.165, 1.54) is 6.07 Å². The van der Waals surface area contributed by atoms with Crippen molar-refractivity contribution in [2.45, 2.75) is 11.8 Å². The lowest BCUT2D eigenvalue weighted by molar-refractivity contribution is 0.485. The molecule has 0 amide bonds. The van der Waals surface area contributed by atoms with E-state index in [2.05, 4.69) is 9.71 Å². The number of rotatable bonds is 5. The number of H-pyrrole nitrogens is 1. The first-order valence-electron chi connectivity index (χ1n) is 8.40. The molecule has 0 aliphatic rings. The Morgan fingerprint density at radius 1 is 1.00 bits per heavy atom. The van der Waals surface area contributed by atoms with Crippen LogP contribution >= 0.6 is 0 Å². The van der Waals surface area contributed by atoms with Crippen LogP contribution in [0.5, 0.6) is 11.5 Å². The fourth-order valence-corrected chi connectivity index (χ4v) is 4.14. The number of aryl methyl sites for hydroxylation is 1. The van der Waals surface area contributed by atoms with Crippen LogP contribution in [0, 0.1) is 6.92 Å². The van der Waals surface area contributed by atoms with Crippen LogP contribution in [0.15, 0.2) is 80.8 Å². The molecule has 28 heavy (non-hydrogen) atoms. The van der Waals surface area contributed by atoms with Gasteiger partial charge in [-0.2, -0.15) is 0 Å². The Morgan fingerprint density at radius 2 is 1.71 bits per heavy atom. The zero-order chi connectivity index (χ0) is 19.7. The number of anilines is 1. The molecule has 8 heteroatoms. The summed E-state index contributed by atoms with van der Waals surface area (Å²) >= 11 is 0. The van der Waals surface area contributed by atoms with Gasteiger partial charge >= 0.3 is 5.76 Å². The van der Waals surface area contributed by atoms with Gasteiger partial charge in [-0.3, -0.25) is 9.71 Å². The molecule has 0 aliphatic heterocycles. The number of aromatic nitrogens is 1. The number of benzene rings is 3. The molecular weight excluding hydrogens is 380 g/mol. The third kappa shape index (κ3) is 3.49. The van der Waals surface area contributed by atoms with E-state index in [1.807, 2.05) is 18.2 Å². The normalized spacial score (nSPS) is 11.5. The second-order valence-electron chi connectivity index (χ2n) is 6.15. The molecule has 0 atom stereocenters. The standard InChI is InChI=1S/C20H16N2O5S/c1-13-11-16-18(27-20(23)21-16)12-19(13)28(24,25)22-15-9-5-6-10-17(15)26-14-7-3-2-4-8-14/h2-12,22H,1H3,(H,21,23). The van der Waals surface area contributed by atoms with Crippen LogP contribution < -0.4 is 15.2 Å². The number of ether oxygens (including phenoxy) is 1. The molecule has 1 aromatic heterocycles. The highest BCUT2D eigenvalue weighted by Crippen LogP contribution is 2.32. The van der Waals surface area contributed by atoms with Gasteiger partial charge in [0.2, 0.25) is 0 Å². The van der Waals surface area contributed by atoms with E-state index in [9.17, 15) is 13.2 Å². The first kappa shape index (κ1) is 17.9. The van der Waals surface area contributed by atoms with E-state index in [0.29, 0.717) is 28.3 Å². The molecule has 0 saturated heterocycles. The molecule has 0 spiro atoms. The summed E-state index contributed by atoms with van der Waals surface area (Å²) in [4.78, 5) is 13.9. The Bertz CT molecular complexity index is 1310. The van der Waals surface area contributed by atoms with Crippen molar-refractivity contribution in [2.75, 3.05) is 4.72 Å². The van der Waals surface area contributed by atoms with Gasteiger partial charge < -0.3 is 9.15 Å². The summed E-state index contributed by atoms with van der Waals surface area (Å²) < 4.78 is 39.3. The van der Waals surface area contributed by atoms with Crippen molar-refractivity contribution in [3.05, 3.63) is 82.8 Å². The van der Waals surface area contributed by atoms with E-state index >= 15 is 0 Å². The monoisotopic (exact) mass is 396 g/mol. The van der Waals surface area contributed by atoms with Crippen molar-refractivity contribution in [1.82, 2.24) is 4.98 Å². The number of hydrogen-bond acceptors (Lipinski definition) is 5. The lowest BCUT2D eigenvalue weighted by Gasteiger charge is -2.14. The van der Waals surface area contributed by atoms with Crippen LogP contribution in [0.3, 0.4) is 0 Å². The molecule has 3 aromatic carbocycles. The van der Waals surface area contributed by atoms with Gasteiger partial charge in [-0.1, -0.05) is 30.3 Å². The molecule has 7 nitrogen and oxygen atoms in total. The van der Waals surface area contributed by atoms with Gasteiger partial charge in [0.15, 0.2) is 11.3 Å². The molecule has 4 aromatic rings. The number of sulfonamides is 1. The molecule has 0 aliphatic carbocycles. The Morgan fingerprint density at radius 3 is 2.50 bits per heavy atom. The Hall–Kier alpha value is -3.52. The van der Waals surface area contributed by atoms with Crippen molar-refractivity contribution >= 4 is 26.8 Å². The predicted molar refractivity (Wildman–Crippen MR) is 105 cm³/mol. The third-order valence-corrected chi connectivity index (χ3v) is 5.62. The van der Waals surface area contributed by atoms with Crippen LogP contribution in [-0.4, -0.2) is 13.4 Å². The van der Waals surface area contributed by atoms with E-state index in [0.717, 1.165) is 0 Å². The summed E-state index contributed by atoms with van der Waals surface area (Å²) in [6, 6.07) is 18.7. The maximum atomic E-state index is 13.0. The van der Waals surface area contributed by atoms with Crippen LogP contribution in [0.4, 0.5) is 5.69 Å². The average molecular weight is 396 g/mol. The number of aromatic amines is 1. The molecule has 0 fully saturated rings. The molecule has 0 bridgehead atoms. The quantitative estimate of drug-likeness (QED) is 0.530. The molecule has 0 saturated carbocycles. The lowest BCUT2D eigenvalue weighted by atomic mass is 10.2. The first-order chi connectivity index (χ1) is 13.4. The van der Waals surface area contributed by atoms with Crippen LogP contribution in [0.25, 0.3) is 11.1 Å². The van der Waals surface area contributed by atoms with Crippen molar-refractivity contribution in [3.63, 3.8) is 0 Å². The summed E-state index contributed by atoms with van der Waals surface area (Å²) in [6.07, 6.45) is 0. The minimum absolute atomic E-state index is 0.0114. The Labute approximate surface area is 160 Å². The zero-order valence-corrected chi connectivity index (χ0v) is 15.6. The predicted octanol–water partition coefficient (Wildman–Crippen LogP) is 4.02. The number of nitrogens with one attached hydrogen (secondary N) is 2. The summed E-state index contributed by atoms with van der Waals surface area (Å²) in [7, 11) is -3.95. The van der Waals surface area contributed by atoms with Gasteiger partial charge in [0.1, 0.15) is 5.75 Å². The third-order valence-electron chi connectivity index (χ3n) is 4.11. The van der Waals surface area contributed by atoms with E-state index in [1.54, 1.807) is 49.4 Å². The highest BCUT2D eigenvalue weighted by Gasteiger charge is 2.21. The van der Waals surface area contributed by atoms with E-state index < -0.39 is 15.8 Å². The molecular formula is C20H16N2O5S. The van der Waals surface area contributed by atoms with Crippen molar-refractivity contribution < 1.29 is 17.6 Å². The number of fused-ring (bicyclic) bond motifs is 1. The molecule has 0 radical (unpaired) electrons. The number of hydrogen-bond donors (Lipinski definition) is 2. The molecule has 2 N–H and O–H groups in total. The minimum atomic E-state index is -3.95. The summed E-state index contributed by atoms with van der Waals surface area (Å²) in [5, 5.41) is 0. The largest absolute Gasteiger partial charge is 0.455 e. The van der Waals surface area contributed by atoms with Crippen LogP contribution in [0.1, 0.15) is 5.56 Å². The minimum Gasteiger partial charge on any atom is -0.455 e. The maximum absolute atomic E-state index is 13.0. The lowest BCUT2D eigenvalue weighted by Crippen LogP contribution is -2.14. The fraction of sp³-hybridized carbons (Fsp3) is 0.0500. The summed E-state index contributed by atoms with van der Waals surface area (Å²) in [6.45, 7) is 1.64. The van der Waals surface area contributed by atoms with Gasteiger partial charge in [0, 0.05) is 6.07 Å². The maximum Gasteiger partial charge on any atom is 0.417 e. The SMILES string of the molecule is Cc1cc2[nH]c(=O)oc2cc1S(=O)(=O)Nc1ccccc1Oc1ccccc1. The van der Waals surface area contributed by atoms with E-state index in [4.69, 9.17) is 9.15 Å². The number of oxazole rings is 1. The Kier molecular flexibility index (Phi) is 4.40. The summed E-state index contributed by atoms with van der Waals surface area (Å²) in [5.41, 5.74) is 1.37. The second-order valence-corrected chi connectivity index (χ2v) is 7.80. The van der Waals surface area contributed by atoms with Gasteiger partial charge in [0.25, 0.3) is 10.0 Å².